The lowest BCUT2D eigenvalue weighted by Gasteiger charge is -2.09. The van der Waals surface area contributed by atoms with Gasteiger partial charge < -0.3 is 15.3 Å². The molecule has 76 valence electrons. The van der Waals surface area contributed by atoms with E-state index in [1.165, 1.54) is 18.2 Å². The Morgan fingerprint density at radius 3 is 2.57 bits per heavy atom. The topological polar surface area (TPSA) is 77.8 Å². The summed E-state index contributed by atoms with van der Waals surface area (Å²) >= 11 is 0. The molecule has 1 rings (SSSR count). The molecule has 0 aromatic heterocycles. The fourth-order valence-corrected chi connectivity index (χ4v) is 1.17. The zero-order valence-corrected chi connectivity index (χ0v) is 7.77. The number of carboxylic acid groups (broad SMARTS) is 1. The molecular formula is C10H12O4. The molecule has 0 saturated carbocycles. The molecule has 0 bridgehead atoms. The quantitative estimate of drug-likeness (QED) is 0.685. The van der Waals surface area contributed by atoms with Gasteiger partial charge in [-0.2, -0.15) is 0 Å². The highest BCUT2D eigenvalue weighted by atomic mass is 16.4. The maximum atomic E-state index is 10.5. The van der Waals surface area contributed by atoms with Crippen molar-refractivity contribution in [1.82, 2.24) is 0 Å². The lowest BCUT2D eigenvalue weighted by molar-refractivity contribution is 0.0693. The number of benzene rings is 1. The predicted molar refractivity (Wildman–Crippen MR) is 50.3 cm³/mol. The van der Waals surface area contributed by atoms with Crippen molar-refractivity contribution >= 4 is 5.97 Å². The molecule has 4 heteroatoms. The van der Waals surface area contributed by atoms with Crippen molar-refractivity contribution in [3.63, 3.8) is 0 Å². The first kappa shape index (κ1) is 10.5. The van der Waals surface area contributed by atoms with E-state index in [2.05, 4.69) is 0 Å². The number of aliphatic hydroxyl groups is 1. The molecule has 1 atom stereocenters. The van der Waals surface area contributed by atoms with Crippen LogP contribution >= 0.6 is 0 Å². The van der Waals surface area contributed by atoms with E-state index < -0.39 is 12.1 Å². The number of carboxylic acids is 1. The van der Waals surface area contributed by atoms with Gasteiger partial charge in [-0.25, -0.2) is 4.79 Å². The number of phenols is 1. The van der Waals surface area contributed by atoms with E-state index in [0.29, 0.717) is 12.0 Å². The molecule has 0 aliphatic carbocycles. The van der Waals surface area contributed by atoms with Crippen LogP contribution in [0.25, 0.3) is 0 Å². The Labute approximate surface area is 81.4 Å². The number of aromatic hydroxyl groups is 1. The molecule has 0 fully saturated rings. The fourth-order valence-electron chi connectivity index (χ4n) is 1.17. The molecule has 1 aromatic rings. The van der Waals surface area contributed by atoms with Crippen LogP contribution in [0.2, 0.25) is 0 Å². The summed E-state index contributed by atoms with van der Waals surface area (Å²) in [6.07, 6.45) is -0.143. The standard InChI is InChI=1S/C10H12O4/c1-2-8(11)6-3-4-7(10(13)14)9(12)5-6/h3-5,8,11-12H,2H2,1H3,(H,13,14). The summed E-state index contributed by atoms with van der Waals surface area (Å²) in [4.78, 5) is 10.5. The average molecular weight is 196 g/mol. The van der Waals surface area contributed by atoms with Gasteiger partial charge in [0.05, 0.1) is 6.10 Å². The Bertz CT molecular complexity index is 346. The second-order valence-electron chi connectivity index (χ2n) is 3.01. The fraction of sp³-hybridized carbons (Fsp3) is 0.300. The molecule has 0 aliphatic rings. The van der Waals surface area contributed by atoms with E-state index >= 15 is 0 Å². The second-order valence-corrected chi connectivity index (χ2v) is 3.01. The minimum atomic E-state index is -1.18. The highest BCUT2D eigenvalue weighted by Gasteiger charge is 2.12. The molecule has 0 aliphatic heterocycles. The summed E-state index contributed by atoms with van der Waals surface area (Å²) in [7, 11) is 0. The highest BCUT2D eigenvalue weighted by Crippen LogP contribution is 2.24. The Hall–Kier alpha value is -1.55. The lowest BCUT2D eigenvalue weighted by Crippen LogP contribution is -2.00. The average Bonchev–Trinajstić information content (AvgIpc) is 2.15. The predicted octanol–water partition coefficient (Wildman–Crippen LogP) is 1.53. The number of carbonyl (C=O) groups is 1. The van der Waals surface area contributed by atoms with Crippen molar-refractivity contribution in [2.24, 2.45) is 0 Å². The van der Waals surface area contributed by atoms with E-state index in [0.717, 1.165) is 0 Å². The van der Waals surface area contributed by atoms with Crippen LogP contribution in [-0.4, -0.2) is 21.3 Å². The van der Waals surface area contributed by atoms with Crippen LogP contribution in [0.3, 0.4) is 0 Å². The van der Waals surface area contributed by atoms with Crippen LogP contribution in [0, 0.1) is 0 Å². The van der Waals surface area contributed by atoms with Gasteiger partial charge in [-0.3, -0.25) is 0 Å². The van der Waals surface area contributed by atoms with Gasteiger partial charge in [0.2, 0.25) is 0 Å². The van der Waals surface area contributed by atoms with Gasteiger partial charge in [0, 0.05) is 0 Å². The molecule has 0 spiro atoms. The summed E-state index contributed by atoms with van der Waals surface area (Å²) in [5.74, 6) is -1.50. The summed E-state index contributed by atoms with van der Waals surface area (Å²) in [5, 5.41) is 27.4. The third-order valence-corrected chi connectivity index (χ3v) is 2.02. The van der Waals surface area contributed by atoms with Crippen molar-refractivity contribution < 1.29 is 20.1 Å². The van der Waals surface area contributed by atoms with Gasteiger partial charge in [0.25, 0.3) is 0 Å². The van der Waals surface area contributed by atoms with Gasteiger partial charge in [0.15, 0.2) is 0 Å². The van der Waals surface area contributed by atoms with Crippen LogP contribution in [0.1, 0.15) is 35.4 Å². The number of aliphatic hydroxyl groups excluding tert-OH is 1. The van der Waals surface area contributed by atoms with Crippen molar-refractivity contribution in [1.29, 1.82) is 0 Å². The van der Waals surface area contributed by atoms with Crippen molar-refractivity contribution in [2.75, 3.05) is 0 Å². The number of hydrogen-bond acceptors (Lipinski definition) is 3. The maximum absolute atomic E-state index is 10.5. The molecule has 0 saturated heterocycles. The van der Waals surface area contributed by atoms with Crippen molar-refractivity contribution in [3.8, 4) is 5.75 Å². The third-order valence-electron chi connectivity index (χ3n) is 2.02. The van der Waals surface area contributed by atoms with Gasteiger partial charge in [0.1, 0.15) is 11.3 Å². The molecule has 14 heavy (non-hydrogen) atoms. The van der Waals surface area contributed by atoms with Crippen molar-refractivity contribution in [3.05, 3.63) is 29.3 Å². The Balaban J connectivity index is 3.06. The van der Waals surface area contributed by atoms with Crippen LogP contribution in [0.4, 0.5) is 0 Å². The van der Waals surface area contributed by atoms with E-state index in [-0.39, 0.29) is 11.3 Å². The zero-order chi connectivity index (χ0) is 10.7. The summed E-state index contributed by atoms with van der Waals surface area (Å²) in [5.41, 5.74) is 0.368. The molecule has 0 amide bonds. The number of aromatic carboxylic acids is 1. The lowest BCUT2D eigenvalue weighted by atomic mass is 10.0. The highest BCUT2D eigenvalue weighted by molar-refractivity contribution is 5.90. The smallest absolute Gasteiger partial charge is 0.339 e. The molecule has 0 radical (unpaired) electrons. The van der Waals surface area contributed by atoms with Crippen molar-refractivity contribution in [2.45, 2.75) is 19.4 Å². The first-order chi connectivity index (χ1) is 6.56. The normalized spacial score (nSPS) is 12.4. The molecule has 1 aromatic carbocycles. The molecule has 4 nitrogen and oxygen atoms in total. The minimum Gasteiger partial charge on any atom is -0.507 e. The summed E-state index contributed by atoms with van der Waals surface area (Å²) in [6, 6.07) is 4.06. The van der Waals surface area contributed by atoms with Crippen LogP contribution in [0.15, 0.2) is 18.2 Å². The van der Waals surface area contributed by atoms with Gasteiger partial charge in [-0.15, -0.1) is 0 Å². The summed E-state index contributed by atoms with van der Waals surface area (Å²) < 4.78 is 0. The molecule has 1 unspecified atom stereocenters. The van der Waals surface area contributed by atoms with Gasteiger partial charge in [-0.05, 0) is 24.1 Å². The first-order valence-corrected chi connectivity index (χ1v) is 4.30. The largest absolute Gasteiger partial charge is 0.507 e. The van der Waals surface area contributed by atoms with Crippen LogP contribution in [-0.2, 0) is 0 Å². The van der Waals surface area contributed by atoms with E-state index in [9.17, 15) is 15.0 Å². The van der Waals surface area contributed by atoms with Gasteiger partial charge in [-0.1, -0.05) is 13.0 Å². The van der Waals surface area contributed by atoms with Gasteiger partial charge >= 0.3 is 5.97 Å². The first-order valence-electron chi connectivity index (χ1n) is 4.30. The monoisotopic (exact) mass is 196 g/mol. The Morgan fingerprint density at radius 2 is 2.14 bits per heavy atom. The number of hydrogen-bond donors (Lipinski definition) is 3. The summed E-state index contributed by atoms with van der Waals surface area (Å²) in [6.45, 7) is 1.80. The molecule has 0 heterocycles. The zero-order valence-electron chi connectivity index (χ0n) is 7.77. The van der Waals surface area contributed by atoms with Crippen LogP contribution in [0.5, 0.6) is 5.75 Å². The Kier molecular flexibility index (Phi) is 3.09. The number of rotatable bonds is 3. The van der Waals surface area contributed by atoms with E-state index in [1.807, 2.05) is 0 Å². The minimum absolute atomic E-state index is 0.156. The maximum Gasteiger partial charge on any atom is 0.339 e. The second kappa shape index (κ2) is 4.11. The molecule has 3 N–H and O–H groups in total. The SMILES string of the molecule is CCC(O)c1ccc(C(=O)O)c(O)c1. The Morgan fingerprint density at radius 1 is 1.50 bits per heavy atom. The molecular weight excluding hydrogens is 184 g/mol. The van der Waals surface area contributed by atoms with Crippen LogP contribution < -0.4 is 0 Å². The third kappa shape index (κ3) is 2.03. The van der Waals surface area contributed by atoms with E-state index in [1.54, 1.807) is 6.92 Å². The van der Waals surface area contributed by atoms with E-state index in [4.69, 9.17) is 5.11 Å².